The average molecular weight is 215 g/mol. The molecule has 1 aliphatic rings. The predicted molar refractivity (Wildman–Crippen MR) is 53.2 cm³/mol. The van der Waals surface area contributed by atoms with Crippen molar-refractivity contribution in [1.29, 1.82) is 0 Å². The van der Waals surface area contributed by atoms with Crippen LogP contribution in [0.15, 0.2) is 12.5 Å². The quantitative estimate of drug-likeness (QED) is 0.739. The number of rotatable bonds is 2. The lowest BCUT2D eigenvalue weighted by molar-refractivity contribution is 0.192. The molecule has 1 saturated heterocycles. The molecule has 1 aliphatic heterocycles. The Balaban J connectivity index is 2.07. The van der Waals surface area contributed by atoms with E-state index in [0.29, 0.717) is 24.1 Å². The summed E-state index contributed by atoms with van der Waals surface area (Å²) in [6.07, 6.45) is 2.98. The Morgan fingerprint density at radius 1 is 1.57 bits per heavy atom. The number of hydrogen-bond donors (Lipinski definition) is 2. The van der Waals surface area contributed by atoms with Gasteiger partial charge in [0.2, 0.25) is 0 Å². The van der Waals surface area contributed by atoms with E-state index in [0.717, 1.165) is 0 Å². The molecule has 1 aromatic rings. The van der Waals surface area contributed by atoms with Gasteiger partial charge < -0.3 is 15.8 Å². The lowest BCUT2D eigenvalue weighted by atomic mass is 10.2. The van der Waals surface area contributed by atoms with Crippen molar-refractivity contribution in [3.05, 3.63) is 17.5 Å². The van der Waals surface area contributed by atoms with E-state index < -0.39 is 0 Å². The van der Waals surface area contributed by atoms with Gasteiger partial charge in [-0.3, -0.25) is 0 Å². The molecule has 76 valence electrons. The summed E-state index contributed by atoms with van der Waals surface area (Å²) in [4.78, 5) is 7.80. The van der Waals surface area contributed by atoms with Crippen LogP contribution in [-0.2, 0) is 4.74 Å². The van der Waals surface area contributed by atoms with E-state index in [1.54, 1.807) is 0 Å². The smallest absolute Gasteiger partial charge is 0.148 e. The highest BCUT2D eigenvalue weighted by molar-refractivity contribution is 6.32. The Morgan fingerprint density at radius 3 is 3.07 bits per heavy atom. The van der Waals surface area contributed by atoms with E-state index in [4.69, 9.17) is 22.1 Å². The fraction of sp³-hybridized carbons (Fsp3) is 0.500. The van der Waals surface area contributed by atoms with Crippen LogP contribution in [0.2, 0.25) is 5.02 Å². The molecule has 0 spiro atoms. The Morgan fingerprint density at radius 2 is 2.43 bits per heavy atom. The molecule has 1 fully saturated rings. The van der Waals surface area contributed by atoms with Crippen molar-refractivity contribution in [1.82, 2.24) is 9.97 Å². The van der Waals surface area contributed by atoms with Crippen LogP contribution in [0, 0.1) is 0 Å². The summed E-state index contributed by atoms with van der Waals surface area (Å²) in [5.41, 5.74) is 5.80. The van der Waals surface area contributed by atoms with Gasteiger partial charge in [0.05, 0.1) is 31.5 Å². The van der Waals surface area contributed by atoms with E-state index in [2.05, 4.69) is 15.3 Å². The van der Waals surface area contributed by atoms with Crippen molar-refractivity contribution >= 4 is 17.4 Å². The maximum atomic E-state index is 5.88. The van der Waals surface area contributed by atoms with Gasteiger partial charge in [-0.1, -0.05) is 11.6 Å². The normalized spacial score (nSPS) is 26.4. The third-order valence-corrected chi connectivity index (χ3v) is 2.39. The van der Waals surface area contributed by atoms with E-state index >= 15 is 0 Å². The van der Waals surface area contributed by atoms with Crippen LogP contribution >= 0.6 is 11.6 Å². The third-order valence-electron chi connectivity index (χ3n) is 2.11. The Labute approximate surface area is 86.6 Å². The van der Waals surface area contributed by atoms with Gasteiger partial charge in [0.25, 0.3) is 0 Å². The maximum Gasteiger partial charge on any atom is 0.148 e. The highest BCUT2D eigenvalue weighted by Crippen LogP contribution is 2.18. The van der Waals surface area contributed by atoms with Gasteiger partial charge >= 0.3 is 0 Å². The van der Waals surface area contributed by atoms with Crippen molar-refractivity contribution in [2.75, 3.05) is 18.5 Å². The molecular formula is C8H11ClN4O. The van der Waals surface area contributed by atoms with Crippen LogP contribution in [0.5, 0.6) is 0 Å². The molecule has 14 heavy (non-hydrogen) atoms. The average Bonchev–Trinajstić information content (AvgIpc) is 2.56. The van der Waals surface area contributed by atoms with Crippen LogP contribution in [0.4, 0.5) is 5.82 Å². The molecule has 1 aromatic heterocycles. The first kappa shape index (κ1) is 9.64. The molecule has 2 rings (SSSR count). The van der Waals surface area contributed by atoms with Crippen LogP contribution in [0.25, 0.3) is 0 Å². The molecule has 6 heteroatoms. The summed E-state index contributed by atoms with van der Waals surface area (Å²) in [5.74, 6) is 0.604. The largest absolute Gasteiger partial charge is 0.378 e. The monoisotopic (exact) mass is 214 g/mol. The molecule has 2 heterocycles. The first-order valence-corrected chi connectivity index (χ1v) is 4.70. The number of ether oxygens (including phenoxy) is 1. The summed E-state index contributed by atoms with van der Waals surface area (Å²) in [6.45, 7) is 1.15. The van der Waals surface area contributed by atoms with E-state index in [1.807, 2.05) is 0 Å². The molecule has 0 radical (unpaired) electrons. The zero-order chi connectivity index (χ0) is 9.97. The van der Waals surface area contributed by atoms with Crippen LogP contribution in [0.1, 0.15) is 0 Å². The van der Waals surface area contributed by atoms with Crippen molar-refractivity contribution in [3.63, 3.8) is 0 Å². The molecule has 0 aliphatic carbocycles. The van der Waals surface area contributed by atoms with Gasteiger partial charge in [-0.25, -0.2) is 9.97 Å². The van der Waals surface area contributed by atoms with Gasteiger partial charge in [-0.2, -0.15) is 0 Å². The Hall–Kier alpha value is -0.910. The molecule has 2 unspecified atom stereocenters. The first-order chi connectivity index (χ1) is 6.77. The molecular weight excluding hydrogens is 204 g/mol. The SMILES string of the molecule is NC1COCC1Nc1ncncc1Cl. The molecule has 5 nitrogen and oxygen atoms in total. The van der Waals surface area contributed by atoms with E-state index in [9.17, 15) is 0 Å². The summed E-state index contributed by atoms with van der Waals surface area (Å²) in [5, 5.41) is 3.62. The minimum Gasteiger partial charge on any atom is -0.378 e. The summed E-state index contributed by atoms with van der Waals surface area (Å²) in [6, 6.07) is 0.0587. The number of nitrogens with zero attached hydrogens (tertiary/aromatic N) is 2. The summed E-state index contributed by atoms with van der Waals surface area (Å²) < 4.78 is 5.21. The number of nitrogens with two attached hydrogens (primary N) is 1. The second kappa shape index (κ2) is 4.08. The summed E-state index contributed by atoms with van der Waals surface area (Å²) in [7, 11) is 0. The maximum absolute atomic E-state index is 5.88. The zero-order valence-corrected chi connectivity index (χ0v) is 8.24. The Kier molecular flexibility index (Phi) is 2.81. The van der Waals surface area contributed by atoms with Crippen LogP contribution in [0.3, 0.4) is 0 Å². The minimum absolute atomic E-state index is 0.0129. The van der Waals surface area contributed by atoms with Crippen LogP contribution < -0.4 is 11.1 Å². The Bertz CT molecular complexity index is 322. The number of hydrogen-bond acceptors (Lipinski definition) is 5. The number of halogens is 1. The van der Waals surface area contributed by atoms with Gasteiger partial charge in [-0.05, 0) is 0 Å². The van der Waals surface area contributed by atoms with E-state index in [-0.39, 0.29) is 12.1 Å². The molecule has 3 N–H and O–H groups in total. The van der Waals surface area contributed by atoms with Gasteiger partial charge in [0.15, 0.2) is 0 Å². The molecule has 2 atom stereocenters. The van der Waals surface area contributed by atoms with Crippen molar-refractivity contribution in [3.8, 4) is 0 Å². The van der Waals surface area contributed by atoms with E-state index in [1.165, 1.54) is 12.5 Å². The highest BCUT2D eigenvalue weighted by Gasteiger charge is 2.25. The fourth-order valence-electron chi connectivity index (χ4n) is 1.31. The molecule has 0 amide bonds. The third kappa shape index (κ3) is 1.95. The second-order valence-electron chi connectivity index (χ2n) is 3.17. The van der Waals surface area contributed by atoms with Crippen molar-refractivity contribution < 1.29 is 4.74 Å². The minimum atomic E-state index is -0.0129. The highest BCUT2D eigenvalue weighted by atomic mass is 35.5. The first-order valence-electron chi connectivity index (χ1n) is 4.33. The van der Waals surface area contributed by atoms with Crippen molar-refractivity contribution in [2.24, 2.45) is 5.73 Å². The van der Waals surface area contributed by atoms with Crippen LogP contribution in [-0.4, -0.2) is 35.3 Å². The van der Waals surface area contributed by atoms with Crippen molar-refractivity contribution in [2.45, 2.75) is 12.1 Å². The fourth-order valence-corrected chi connectivity index (χ4v) is 1.47. The number of aromatic nitrogens is 2. The standard InChI is InChI=1S/C8H11ClN4O/c9-5-1-11-4-12-8(5)13-7-3-14-2-6(7)10/h1,4,6-7H,2-3,10H2,(H,11,12,13). The van der Waals surface area contributed by atoms with Gasteiger partial charge in [0, 0.05) is 0 Å². The predicted octanol–water partition coefficient (Wildman–Crippen LogP) is 0.268. The zero-order valence-electron chi connectivity index (χ0n) is 7.48. The molecule has 0 saturated carbocycles. The number of nitrogens with one attached hydrogen (secondary N) is 1. The number of anilines is 1. The summed E-state index contributed by atoms with van der Waals surface area (Å²) >= 11 is 5.88. The topological polar surface area (TPSA) is 73.1 Å². The van der Waals surface area contributed by atoms with Gasteiger partial charge in [-0.15, -0.1) is 0 Å². The molecule has 0 aromatic carbocycles. The molecule has 0 bridgehead atoms. The second-order valence-corrected chi connectivity index (χ2v) is 3.58. The lowest BCUT2D eigenvalue weighted by Gasteiger charge is -2.16. The lowest BCUT2D eigenvalue weighted by Crippen LogP contribution is -2.39. The van der Waals surface area contributed by atoms with Gasteiger partial charge in [0.1, 0.15) is 17.2 Å².